The van der Waals surface area contributed by atoms with E-state index in [1.807, 2.05) is 29.5 Å². The molecule has 0 bridgehead atoms. The van der Waals surface area contributed by atoms with Gasteiger partial charge in [-0.2, -0.15) is 0 Å². The molecule has 1 aliphatic rings. The van der Waals surface area contributed by atoms with Crippen molar-refractivity contribution in [2.75, 3.05) is 26.2 Å². The first-order valence-corrected chi connectivity index (χ1v) is 9.12. The number of urea groups is 1. The van der Waals surface area contributed by atoms with Gasteiger partial charge in [-0.25, -0.2) is 14.8 Å². The summed E-state index contributed by atoms with van der Waals surface area (Å²) in [6.45, 7) is 8.94. The third-order valence-corrected chi connectivity index (χ3v) is 4.95. The van der Waals surface area contributed by atoms with Crippen LogP contribution in [0.3, 0.4) is 0 Å². The SMILES string of the molecule is Cc1nc(CN2CCN(C(=O)N[C@H](C)Cn3ccnc3)CC2)cs1. The number of thiazole rings is 1. The van der Waals surface area contributed by atoms with E-state index in [9.17, 15) is 4.79 Å². The molecule has 3 heterocycles. The van der Waals surface area contributed by atoms with Crippen molar-refractivity contribution in [1.29, 1.82) is 0 Å². The zero-order valence-electron chi connectivity index (χ0n) is 14.2. The minimum atomic E-state index is 0.0202. The van der Waals surface area contributed by atoms with E-state index in [1.54, 1.807) is 23.9 Å². The van der Waals surface area contributed by atoms with Gasteiger partial charge >= 0.3 is 6.03 Å². The molecule has 2 amide bonds. The van der Waals surface area contributed by atoms with E-state index in [-0.39, 0.29) is 12.1 Å². The Balaban J connectivity index is 1.41. The highest BCUT2D eigenvalue weighted by atomic mass is 32.1. The highest BCUT2D eigenvalue weighted by Gasteiger charge is 2.22. The maximum atomic E-state index is 12.4. The van der Waals surface area contributed by atoms with Crippen molar-refractivity contribution in [3.8, 4) is 0 Å². The van der Waals surface area contributed by atoms with E-state index in [1.165, 1.54) is 0 Å². The van der Waals surface area contributed by atoms with Gasteiger partial charge in [-0.3, -0.25) is 4.90 Å². The van der Waals surface area contributed by atoms with Crippen molar-refractivity contribution in [3.05, 3.63) is 34.8 Å². The van der Waals surface area contributed by atoms with Gasteiger partial charge in [0.15, 0.2) is 0 Å². The van der Waals surface area contributed by atoms with Gasteiger partial charge in [0.05, 0.1) is 17.0 Å². The summed E-state index contributed by atoms with van der Waals surface area (Å²) in [5, 5.41) is 6.29. The average molecular weight is 348 g/mol. The predicted octanol–water partition coefficient (Wildman–Crippen LogP) is 1.56. The molecule has 7 nitrogen and oxygen atoms in total. The topological polar surface area (TPSA) is 66.3 Å². The van der Waals surface area contributed by atoms with Crippen LogP contribution < -0.4 is 5.32 Å². The van der Waals surface area contributed by atoms with Gasteiger partial charge in [-0.15, -0.1) is 11.3 Å². The molecule has 0 saturated carbocycles. The normalized spacial score (nSPS) is 17.0. The molecular weight excluding hydrogens is 324 g/mol. The molecule has 2 aromatic rings. The molecule has 130 valence electrons. The maximum absolute atomic E-state index is 12.4. The minimum Gasteiger partial charge on any atom is -0.335 e. The Kier molecular flexibility index (Phi) is 5.47. The number of carbonyl (C=O) groups excluding carboxylic acids is 1. The van der Waals surface area contributed by atoms with Crippen molar-refractivity contribution >= 4 is 17.4 Å². The summed E-state index contributed by atoms with van der Waals surface area (Å²) in [6, 6.07) is 0.0921. The molecular formula is C16H24N6OS. The maximum Gasteiger partial charge on any atom is 0.317 e. The zero-order chi connectivity index (χ0) is 16.9. The second-order valence-corrected chi connectivity index (χ2v) is 7.29. The highest BCUT2D eigenvalue weighted by molar-refractivity contribution is 7.09. The fraction of sp³-hybridized carbons (Fsp3) is 0.562. The summed E-state index contributed by atoms with van der Waals surface area (Å²) in [5.41, 5.74) is 1.13. The van der Waals surface area contributed by atoms with E-state index in [2.05, 4.69) is 25.6 Å². The lowest BCUT2D eigenvalue weighted by Crippen LogP contribution is -2.53. The highest BCUT2D eigenvalue weighted by Crippen LogP contribution is 2.12. The van der Waals surface area contributed by atoms with Crippen LogP contribution in [0.5, 0.6) is 0 Å². The lowest BCUT2D eigenvalue weighted by Gasteiger charge is -2.35. The summed E-state index contributed by atoms with van der Waals surface area (Å²) in [6.07, 6.45) is 5.42. The zero-order valence-corrected chi connectivity index (χ0v) is 15.0. The molecule has 0 aliphatic carbocycles. The van der Waals surface area contributed by atoms with E-state index in [0.717, 1.165) is 50.0 Å². The van der Waals surface area contributed by atoms with Gasteiger partial charge < -0.3 is 14.8 Å². The fourth-order valence-corrected chi connectivity index (χ4v) is 3.48. The molecule has 1 N–H and O–H groups in total. The van der Waals surface area contributed by atoms with Crippen molar-refractivity contribution in [2.24, 2.45) is 0 Å². The molecule has 0 radical (unpaired) electrons. The third kappa shape index (κ3) is 4.55. The first-order valence-electron chi connectivity index (χ1n) is 8.24. The van der Waals surface area contributed by atoms with Crippen LogP contribution in [-0.2, 0) is 13.1 Å². The number of imidazole rings is 1. The first kappa shape index (κ1) is 16.9. The van der Waals surface area contributed by atoms with Gasteiger partial charge in [0.25, 0.3) is 0 Å². The average Bonchev–Trinajstić information content (AvgIpc) is 3.20. The number of aromatic nitrogens is 3. The lowest BCUT2D eigenvalue weighted by atomic mass is 10.3. The van der Waals surface area contributed by atoms with E-state index in [4.69, 9.17) is 0 Å². The molecule has 0 unspecified atom stereocenters. The van der Waals surface area contributed by atoms with Crippen LogP contribution in [0.15, 0.2) is 24.1 Å². The van der Waals surface area contributed by atoms with Crippen LogP contribution in [0, 0.1) is 6.92 Å². The quantitative estimate of drug-likeness (QED) is 0.891. The van der Waals surface area contributed by atoms with Crippen LogP contribution in [0.25, 0.3) is 0 Å². The third-order valence-electron chi connectivity index (χ3n) is 4.13. The van der Waals surface area contributed by atoms with Crippen molar-refractivity contribution in [3.63, 3.8) is 0 Å². The number of amides is 2. The van der Waals surface area contributed by atoms with Crippen LogP contribution >= 0.6 is 11.3 Å². The molecule has 0 aromatic carbocycles. The second kappa shape index (κ2) is 7.76. The number of nitrogens with one attached hydrogen (secondary N) is 1. The van der Waals surface area contributed by atoms with Crippen molar-refractivity contribution < 1.29 is 4.79 Å². The number of hydrogen-bond acceptors (Lipinski definition) is 5. The molecule has 1 aliphatic heterocycles. The monoisotopic (exact) mass is 348 g/mol. The molecule has 0 spiro atoms. The summed E-state index contributed by atoms with van der Waals surface area (Å²) in [4.78, 5) is 25.1. The second-order valence-electron chi connectivity index (χ2n) is 6.23. The molecule has 3 rings (SSSR count). The summed E-state index contributed by atoms with van der Waals surface area (Å²) in [5.74, 6) is 0. The van der Waals surface area contributed by atoms with Gasteiger partial charge in [0, 0.05) is 63.1 Å². The molecule has 8 heteroatoms. The van der Waals surface area contributed by atoms with E-state index < -0.39 is 0 Å². The number of aryl methyl sites for hydroxylation is 1. The van der Waals surface area contributed by atoms with Crippen LogP contribution in [0.4, 0.5) is 4.79 Å². The Morgan fingerprint density at radius 3 is 2.79 bits per heavy atom. The van der Waals surface area contributed by atoms with Gasteiger partial charge in [-0.05, 0) is 13.8 Å². The number of hydrogen-bond donors (Lipinski definition) is 1. The summed E-state index contributed by atoms with van der Waals surface area (Å²) < 4.78 is 1.97. The lowest BCUT2D eigenvalue weighted by molar-refractivity contribution is 0.132. The Morgan fingerprint density at radius 1 is 1.38 bits per heavy atom. The Morgan fingerprint density at radius 2 is 2.17 bits per heavy atom. The minimum absolute atomic E-state index is 0.0202. The van der Waals surface area contributed by atoms with Crippen molar-refractivity contribution in [2.45, 2.75) is 33.0 Å². The smallest absolute Gasteiger partial charge is 0.317 e. The summed E-state index contributed by atoms with van der Waals surface area (Å²) >= 11 is 1.69. The predicted molar refractivity (Wildman–Crippen MR) is 93.9 cm³/mol. The largest absolute Gasteiger partial charge is 0.335 e. The summed E-state index contributed by atoms with van der Waals surface area (Å²) in [7, 11) is 0. The number of rotatable bonds is 5. The molecule has 1 saturated heterocycles. The van der Waals surface area contributed by atoms with Crippen LogP contribution in [0.2, 0.25) is 0 Å². The van der Waals surface area contributed by atoms with Gasteiger partial charge in [0.2, 0.25) is 0 Å². The standard InChI is InChI=1S/C16H24N6OS/c1-13(9-21-4-3-17-12-21)18-16(23)22-7-5-20(6-8-22)10-15-11-24-14(2)19-15/h3-4,11-13H,5-10H2,1-2H3,(H,18,23)/t13-/m1/s1. The number of piperazine rings is 1. The van der Waals surface area contributed by atoms with Crippen LogP contribution in [-0.4, -0.2) is 62.6 Å². The van der Waals surface area contributed by atoms with Gasteiger partial charge in [-0.1, -0.05) is 0 Å². The van der Waals surface area contributed by atoms with Gasteiger partial charge in [0.1, 0.15) is 0 Å². The molecule has 24 heavy (non-hydrogen) atoms. The van der Waals surface area contributed by atoms with Crippen LogP contribution in [0.1, 0.15) is 17.6 Å². The molecule has 2 aromatic heterocycles. The van der Waals surface area contributed by atoms with E-state index >= 15 is 0 Å². The first-order chi connectivity index (χ1) is 11.6. The molecule has 1 fully saturated rings. The Bertz CT molecular complexity index is 647. The van der Waals surface area contributed by atoms with E-state index in [0.29, 0.717) is 0 Å². The van der Waals surface area contributed by atoms with Crippen molar-refractivity contribution in [1.82, 2.24) is 29.7 Å². The fourth-order valence-electron chi connectivity index (χ4n) is 2.88. The Hall–Kier alpha value is -1.93. The Labute approximate surface area is 146 Å². The molecule has 1 atom stereocenters. The number of nitrogens with zero attached hydrogens (tertiary/aromatic N) is 5. The number of carbonyl (C=O) groups is 1.